The van der Waals surface area contributed by atoms with Crippen LogP contribution in [-0.4, -0.2) is 40.8 Å². The van der Waals surface area contributed by atoms with E-state index in [4.69, 9.17) is 9.84 Å². The molecule has 3 N–H and O–H groups in total. The number of nitro benzene ring substituents is 1. The van der Waals surface area contributed by atoms with Crippen molar-refractivity contribution in [3.05, 3.63) is 33.9 Å². The lowest BCUT2D eigenvalue weighted by Crippen LogP contribution is -2.34. The van der Waals surface area contributed by atoms with Crippen molar-refractivity contribution in [1.29, 1.82) is 0 Å². The minimum Gasteiger partial charge on any atom is -0.487 e. The van der Waals surface area contributed by atoms with Crippen molar-refractivity contribution in [2.75, 3.05) is 13.7 Å². The number of carbonyl (C=O) groups is 1. The van der Waals surface area contributed by atoms with E-state index in [9.17, 15) is 20.0 Å². The number of hydrogen-bond acceptors (Lipinski definition) is 6. The topological polar surface area (TPSA) is 122 Å². The maximum absolute atomic E-state index is 11.0. The van der Waals surface area contributed by atoms with Gasteiger partial charge in [-0.2, -0.15) is 0 Å². The highest BCUT2D eigenvalue weighted by atomic mass is 16.6. The standard InChI is InChI=1S/C13H18N2O6/c1-3-21-11-5-4-8(6-10(11)15(19)20)13(18)9(14-2)7-12(16)17/h4-6,9,13-14,18H,3,7H2,1-2H3,(H,16,17). The molecule has 116 valence electrons. The maximum atomic E-state index is 11.0. The van der Waals surface area contributed by atoms with Crippen LogP contribution in [0.2, 0.25) is 0 Å². The molecule has 0 spiro atoms. The van der Waals surface area contributed by atoms with Crippen LogP contribution >= 0.6 is 0 Å². The fourth-order valence-electron chi connectivity index (χ4n) is 1.93. The Bertz CT molecular complexity index is 519. The molecule has 2 atom stereocenters. The van der Waals surface area contributed by atoms with Crippen LogP contribution in [0, 0.1) is 10.1 Å². The number of benzene rings is 1. The lowest BCUT2D eigenvalue weighted by molar-refractivity contribution is -0.386. The lowest BCUT2D eigenvalue weighted by atomic mass is 9.99. The molecule has 0 fully saturated rings. The van der Waals surface area contributed by atoms with Gasteiger partial charge in [-0.15, -0.1) is 0 Å². The molecule has 0 aliphatic carbocycles. The van der Waals surface area contributed by atoms with Crippen LogP contribution in [0.15, 0.2) is 18.2 Å². The Morgan fingerprint density at radius 3 is 2.67 bits per heavy atom. The van der Waals surface area contributed by atoms with Gasteiger partial charge in [-0.25, -0.2) is 0 Å². The molecular weight excluding hydrogens is 280 g/mol. The van der Waals surface area contributed by atoms with Crippen LogP contribution in [0.4, 0.5) is 5.69 Å². The molecule has 0 saturated carbocycles. The number of carboxylic acid groups (broad SMARTS) is 1. The molecule has 1 rings (SSSR count). The Kier molecular flexibility index (Phi) is 6.07. The highest BCUT2D eigenvalue weighted by Gasteiger charge is 2.25. The van der Waals surface area contributed by atoms with Gasteiger partial charge in [0.15, 0.2) is 5.75 Å². The van der Waals surface area contributed by atoms with Gasteiger partial charge in [-0.05, 0) is 25.6 Å². The molecule has 0 aliphatic heterocycles. The molecule has 2 unspecified atom stereocenters. The molecule has 0 saturated heterocycles. The largest absolute Gasteiger partial charge is 0.487 e. The van der Waals surface area contributed by atoms with Crippen LogP contribution in [0.5, 0.6) is 5.75 Å². The highest BCUT2D eigenvalue weighted by molar-refractivity contribution is 5.67. The fourth-order valence-corrected chi connectivity index (χ4v) is 1.93. The van der Waals surface area contributed by atoms with Crippen molar-refractivity contribution < 1.29 is 24.7 Å². The van der Waals surface area contributed by atoms with Gasteiger partial charge in [0.25, 0.3) is 0 Å². The second-order valence-corrected chi connectivity index (χ2v) is 4.36. The van der Waals surface area contributed by atoms with E-state index < -0.39 is 23.0 Å². The van der Waals surface area contributed by atoms with Gasteiger partial charge in [-0.3, -0.25) is 14.9 Å². The fraction of sp³-hybridized carbons (Fsp3) is 0.462. The van der Waals surface area contributed by atoms with E-state index in [1.807, 2.05) is 0 Å². The van der Waals surface area contributed by atoms with E-state index >= 15 is 0 Å². The predicted molar refractivity (Wildman–Crippen MR) is 74.3 cm³/mol. The first-order valence-corrected chi connectivity index (χ1v) is 6.39. The predicted octanol–water partition coefficient (Wildman–Crippen LogP) is 1.09. The quantitative estimate of drug-likeness (QED) is 0.485. The molecule has 0 heterocycles. The molecule has 8 heteroatoms. The van der Waals surface area contributed by atoms with Crippen molar-refractivity contribution in [3.8, 4) is 5.75 Å². The van der Waals surface area contributed by atoms with Gasteiger partial charge in [-0.1, -0.05) is 6.07 Å². The summed E-state index contributed by atoms with van der Waals surface area (Å²) in [4.78, 5) is 21.2. The zero-order valence-corrected chi connectivity index (χ0v) is 11.8. The summed E-state index contributed by atoms with van der Waals surface area (Å²) in [7, 11) is 1.51. The third-order valence-electron chi connectivity index (χ3n) is 2.97. The van der Waals surface area contributed by atoms with Crippen molar-refractivity contribution >= 4 is 11.7 Å². The van der Waals surface area contributed by atoms with Gasteiger partial charge >= 0.3 is 11.7 Å². The van der Waals surface area contributed by atoms with Crippen LogP contribution in [0.3, 0.4) is 0 Å². The Morgan fingerprint density at radius 2 is 2.19 bits per heavy atom. The average molecular weight is 298 g/mol. The van der Waals surface area contributed by atoms with Crippen LogP contribution in [0.25, 0.3) is 0 Å². The van der Waals surface area contributed by atoms with Gasteiger partial charge in [0, 0.05) is 12.1 Å². The van der Waals surface area contributed by atoms with E-state index in [0.29, 0.717) is 0 Å². The summed E-state index contributed by atoms with van der Waals surface area (Å²) >= 11 is 0. The summed E-state index contributed by atoms with van der Waals surface area (Å²) in [6, 6.07) is 3.32. The van der Waals surface area contributed by atoms with E-state index in [0.717, 1.165) is 0 Å². The third-order valence-corrected chi connectivity index (χ3v) is 2.97. The molecule has 21 heavy (non-hydrogen) atoms. The first kappa shape index (κ1) is 16.9. The summed E-state index contributed by atoms with van der Waals surface area (Å²) in [6.45, 7) is 1.98. The monoisotopic (exact) mass is 298 g/mol. The zero-order valence-electron chi connectivity index (χ0n) is 11.8. The minimum atomic E-state index is -1.18. The SMILES string of the molecule is CCOc1ccc(C(O)C(CC(=O)O)NC)cc1[N+](=O)[O-]. The number of aliphatic hydroxyl groups excluding tert-OH is 1. The van der Waals surface area contributed by atoms with Crippen LogP contribution < -0.4 is 10.1 Å². The summed E-state index contributed by atoms with van der Waals surface area (Å²) in [5.74, 6) is -0.966. The molecule has 0 aliphatic rings. The highest BCUT2D eigenvalue weighted by Crippen LogP contribution is 2.31. The molecule has 0 radical (unpaired) electrons. The second kappa shape index (κ2) is 7.55. The summed E-state index contributed by atoms with van der Waals surface area (Å²) in [5, 5.41) is 32.7. The first-order valence-electron chi connectivity index (χ1n) is 6.39. The molecule has 1 aromatic rings. The Hall–Kier alpha value is -2.19. The van der Waals surface area contributed by atoms with Crippen molar-refractivity contribution in [1.82, 2.24) is 5.32 Å². The number of rotatable bonds is 8. The number of nitrogens with zero attached hydrogens (tertiary/aromatic N) is 1. The molecule has 0 bridgehead atoms. The number of carboxylic acids is 1. The van der Waals surface area contributed by atoms with Gasteiger partial charge in [0.2, 0.25) is 0 Å². The number of ether oxygens (including phenoxy) is 1. The summed E-state index contributed by atoms with van der Waals surface area (Å²) < 4.78 is 5.15. The van der Waals surface area contributed by atoms with Crippen molar-refractivity contribution in [2.45, 2.75) is 25.5 Å². The van der Waals surface area contributed by atoms with E-state index in [1.54, 1.807) is 6.92 Å². The number of hydrogen-bond donors (Lipinski definition) is 3. The van der Waals surface area contributed by atoms with Crippen molar-refractivity contribution in [2.24, 2.45) is 0 Å². The third kappa shape index (κ3) is 4.40. The Balaban J connectivity index is 3.09. The molecule has 0 amide bonds. The van der Waals surface area contributed by atoms with E-state index in [1.165, 1.54) is 25.2 Å². The summed E-state index contributed by atoms with van der Waals surface area (Å²) in [5.41, 5.74) is -0.00988. The maximum Gasteiger partial charge on any atom is 0.311 e. The number of nitro groups is 1. The van der Waals surface area contributed by atoms with E-state index in [2.05, 4.69) is 5.32 Å². The minimum absolute atomic E-state index is 0.109. The van der Waals surface area contributed by atoms with Crippen LogP contribution in [-0.2, 0) is 4.79 Å². The molecule has 8 nitrogen and oxygen atoms in total. The zero-order chi connectivity index (χ0) is 16.0. The normalized spacial score (nSPS) is 13.5. The Labute approximate surface area is 121 Å². The number of likely N-dealkylation sites (N-methyl/N-ethyl adjacent to an activating group) is 1. The summed E-state index contributed by atoms with van der Waals surface area (Å²) in [6.07, 6.45) is -1.49. The van der Waals surface area contributed by atoms with Gasteiger partial charge in [0.1, 0.15) is 0 Å². The first-order chi connectivity index (χ1) is 9.90. The van der Waals surface area contributed by atoms with Gasteiger partial charge in [0.05, 0.1) is 24.1 Å². The second-order valence-electron chi connectivity index (χ2n) is 4.36. The van der Waals surface area contributed by atoms with Crippen LogP contribution in [0.1, 0.15) is 25.0 Å². The van der Waals surface area contributed by atoms with Gasteiger partial charge < -0.3 is 20.3 Å². The lowest BCUT2D eigenvalue weighted by Gasteiger charge is -2.21. The smallest absolute Gasteiger partial charge is 0.311 e. The van der Waals surface area contributed by atoms with E-state index in [-0.39, 0.29) is 30.0 Å². The molecular formula is C13H18N2O6. The number of aliphatic carboxylic acids is 1. The van der Waals surface area contributed by atoms with Crippen molar-refractivity contribution in [3.63, 3.8) is 0 Å². The molecule has 1 aromatic carbocycles. The molecule has 0 aromatic heterocycles. The average Bonchev–Trinajstić information content (AvgIpc) is 2.44. The number of nitrogens with one attached hydrogen (secondary N) is 1. The number of aliphatic hydroxyl groups is 1. The Morgan fingerprint density at radius 1 is 1.52 bits per heavy atom.